The van der Waals surface area contributed by atoms with Gasteiger partial charge in [-0.05, 0) is 18.2 Å². The Kier molecular flexibility index (Phi) is 3.58. The second-order valence-corrected chi connectivity index (χ2v) is 5.04. The van der Waals surface area contributed by atoms with Gasteiger partial charge in [0.05, 0.1) is 13.2 Å². The normalized spacial score (nSPS) is 18.6. The summed E-state index contributed by atoms with van der Waals surface area (Å²) >= 11 is 0. The fourth-order valence-corrected chi connectivity index (χ4v) is 2.44. The van der Waals surface area contributed by atoms with Crippen molar-refractivity contribution in [2.75, 3.05) is 26.3 Å². The van der Waals surface area contributed by atoms with Gasteiger partial charge in [-0.25, -0.2) is 0 Å². The molecule has 0 radical (unpaired) electrons. The summed E-state index contributed by atoms with van der Waals surface area (Å²) in [6.45, 7) is 2.25. The summed E-state index contributed by atoms with van der Waals surface area (Å²) in [7, 11) is 0. The van der Waals surface area contributed by atoms with Crippen LogP contribution in [-0.4, -0.2) is 42.9 Å². The lowest BCUT2D eigenvalue weighted by atomic mass is 10.1. The van der Waals surface area contributed by atoms with Crippen molar-refractivity contribution in [1.29, 1.82) is 0 Å². The van der Waals surface area contributed by atoms with Crippen LogP contribution in [0.25, 0.3) is 0 Å². The highest BCUT2D eigenvalue weighted by Crippen LogP contribution is 2.31. The van der Waals surface area contributed by atoms with Crippen molar-refractivity contribution in [1.82, 2.24) is 4.90 Å². The highest BCUT2D eigenvalue weighted by molar-refractivity contribution is 5.96. The van der Waals surface area contributed by atoms with Gasteiger partial charge in [-0.3, -0.25) is 9.59 Å². The molecule has 106 valence electrons. The minimum Gasteiger partial charge on any atom is -0.490 e. The number of ketones is 1. The van der Waals surface area contributed by atoms with Crippen molar-refractivity contribution in [3.05, 3.63) is 23.8 Å². The first-order valence-electron chi connectivity index (χ1n) is 6.95. The highest BCUT2D eigenvalue weighted by atomic mass is 16.5. The van der Waals surface area contributed by atoms with Gasteiger partial charge in [-0.1, -0.05) is 0 Å². The van der Waals surface area contributed by atoms with E-state index in [1.807, 2.05) is 0 Å². The lowest BCUT2D eigenvalue weighted by Gasteiger charge is -2.26. The second kappa shape index (κ2) is 5.53. The van der Waals surface area contributed by atoms with Crippen LogP contribution in [0.5, 0.6) is 11.5 Å². The number of Topliss-reactive ketones (excluding diaryl/α,β-unsaturated/α-hetero) is 1. The molecule has 1 saturated heterocycles. The molecule has 0 bridgehead atoms. The van der Waals surface area contributed by atoms with Crippen LogP contribution in [0, 0.1) is 0 Å². The van der Waals surface area contributed by atoms with Crippen LogP contribution in [0.15, 0.2) is 18.2 Å². The van der Waals surface area contributed by atoms with E-state index in [1.54, 1.807) is 23.1 Å². The molecule has 0 saturated carbocycles. The van der Waals surface area contributed by atoms with Crippen LogP contribution in [0.2, 0.25) is 0 Å². The molecule has 5 nitrogen and oxygen atoms in total. The monoisotopic (exact) mass is 275 g/mol. The van der Waals surface area contributed by atoms with Crippen molar-refractivity contribution in [3.8, 4) is 11.5 Å². The molecule has 1 amide bonds. The molecule has 2 aliphatic heterocycles. The topological polar surface area (TPSA) is 55.8 Å². The summed E-state index contributed by atoms with van der Waals surface area (Å²) in [4.78, 5) is 25.3. The summed E-state index contributed by atoms with van der Waals surface area (Å²) < 4.78 is 11.1. The van der Waals surface area contributed by atoms with E-state index in [9.17, 15) is 9.59 Å². The first-order chi connectivity index (χ1) is 9.74. The number of benzene rings is 1. The molecule has 3 rings (SSSR count). The Morgan fingerprint density at radius 3 is 2.50 bits per heavy atom. The van der Waals surface area contributed by atoms with Crippen LogP contribution in [0.4, 0.5) is 0 Å². The summed E-state index contributed by atoms with van der Waals surface area (Å²) in [5.41, 5.74) is 0.587. The average Bonchev–Trinajstić information content (AvgIpc) is 2.71. The number of piperidine rings is 1. The van der Waals surface area contributed by atoms with Crippen LogP contribution in [-0.2, 0) is 4.79 Å². The van der Waals surface area contributed by atoms with E-state index >= 15 is 0 Å². The van der Waals surface area contributed by atoms with Gasteiger partial charge in [0.15, 0.2) is 11.5 Å². The number of carbonyl (C=O) groups excluding carboxylic acids is 2. The first kappa shape index (κ1) is 13.0. The Morgan fingerprint density at radius 1 is 1.05 bits per heavy atom. The van der Waals surface area contributed by atoms with Crippen molar-refractivity contribution in [3.63, 3.8) is 0 Å². The van der Waals surface area contributed by atoms with Gasteiger partial charge in [0, 0.05) is 37.9 Å². The molecule has 1 aromatic rings. The molecule has 0 spiro atoms. The van der Waals surface area contributed by atoms with Crippen molar-refractivity contribution < 1.29 is 19.1 Å². The Labute approximate surface area is 117 Å². The maximum absolute atomic E-state index is 12.4. The van der Waals surface area contributed by atoms with Crippen molar-refractivity contribution in [2.45, 2.75) is 19.3 Å². The van der Waals surface area contributed by atoms with Gasteiger partial charge >= 0.3 is 0 Å². The third-order valence-corrected chi connectivity index (χ3v) is 3.60. The van der Waals surface area contributed by atoms with Crippen LogP contribution >= 0.6 is 0 Å². The van der Waals surface area contributed by atoms with E-state index in [0.717, 1.165) is 6.42 Å². The molecular weight excluding hydrogens is 258 g/mol. The number of rotatable bonds is 1. The van der Waals surface area contributed by atoms with Crippen LogP contribution < -0.4 is 9.47 Å². The minimum atomic E-state index is -0.0480. The quantitative estimate of drug-likeness (QED) is 0.782. The lowest BCUT2D eigenvalue weighted by Crippen LogP contribution is -2.38. The predicted molar refractivity (Wildman–Crippen MR) is 72.2 cm³/mol. The zero-order valence-corrected chi connectivity index (χ0v) is 11.3. The highest BCUT2D eigenvalue weighted by Gasteiger charge is 2.23. The Morgan fingerprint density at radius 2 is 1.75 bits per heavy atom. The van der Waals surface area contributed by atoms with Gasteiger partial charge in [0.2, 0.25) is 0 Å². The average molecular weight is 275 g/mol. The summed E-state index contributed by atoms with van der Waals surface area (Å²) in [6, 6.07) is 5.27. The summed E-state index contributed by atoms with van der Waals surface area (Å²) in [6.07, 6.45) is 1.75. The number of ether oxygens (including phenoxy) is 2. The summed E-state index contributed by atoms with van der Waals surface area (Å²) in [5, 5.41) is 0. The molecule has 0 atom stereocenters. The van der Waals surface area contributed by atoms with Crippen molar-refractivity contribution in [2.24, 2.45) is 0 Å². The number of carbonyl (C=O) groups is 2. The lowest BCUT2D eigenvalue weighted by molar-refractivity contribution is -0.120. The van der Waals surface area contributed by atoms with Crippen LogP contribution in [0.1, 0.15) is 29.6 Å². The van der Waals surface area contributed by atoms with Gasteiger partial charge < -0.3 is 14.4 Å². The molecule has 0 aliphatic carbocycles. The molecular formula is C15H17NO4. The molecule has 2 heterocycles. The van der Waals surface area contributed by atoms with Gasteiger partial charge in [0.1, 0.15) is 5.78 Å². The fraction of sp³-hybridized carbons (Fsp3) is 0.467. The third-order valence-electron chi connectivity index (χ3n) is 3.60. The van der Waals surface area contributed by atoms with E-state index < -0.39 is 0 Å². The van der Waals surface area contributed by atoms with Crippen molar-refractivity contribution >= 4 is 11.7 Å². The largest absolute Gasteiger partial charge is 0.490 e. The van der Waals surface area contributed by atoms with Gasteiger partial charge in [-0.15, -0.1) is 0 Å². The van der Waals surface area contributed by atoms with Crippen LogP contribution in [0.3, 0.4) is 0 Å². The molecule has 0 aromatic heterocycles. The number of nitrogens with zero attached hydrogens (tertiary/aromatic N) is 1. The summed E-state index contributed by atoms with van der Waals surface area (Å²) in [5.74, 6) is 1.50. The molecule has 5 heteroatoms. The molecule has 2 aliphatic rings. The van der Waals surface area contributed by atoms with Gasteiger partial charge in [-0.2, -0.15) is 0 Å². The first-order valence-corrected chi connectivity index (χ1v) is 6.95. The minimum absolute atomic E-state index is 0.0480. The SMILES string of the molecule is O=C1CCN(C(=O)c2ccc3c(c2)OCCCO3)CC1. The number of hydrogen-bond donors (Lipinski definition) is 0. The third kappa shape index (κ3) is 2.61. The molecule has 0 N–H and O–H groups in total. The smallest absolute Gasteiger partial charge is 0.254 e. The Hall–Kier alpha value is -2.04. The molecule has 1 fully saturated rings. The van der Waals surface area contributed by atoms with E-state index in [-0.39, 0.29) is 11.7 Å². The standard InChI is InChI=1S/C15H17NO4/c17-12-4-6-16(7-5-12)15(18)11-2-3-13-14(10-11)20-9-1-8-19-13/h2-3,10H,1,4-9H2. The van der Waals surface area contributed by atoms with E-state index in [4.69, 9.17) is 9.47 Å². The maximum atomic E-state index is 12.4. The number of hydrogen-bond acceptors (Lipinski definition) is 4. The Balaban J connectivity index is 1.78. The second-order valence-electron chi connectivity index (χ2n) is 5.04. The van der Waals surface area contributed by atoms with E-state index in [1.165, 1.54) is 0 Å². The molecule has 20 heavy (non-hydrogen) atoms. The van der Waals surface area contributed by atoms with E-state index in [2.05, 4.69) is 0 Å². The predicted octanol–water partition coefficient (Wildman–Crippen LogP) is 1.65. The fourth-order valence-electron chi connectivity index (χ4n) is 2.44. The molecule has 0 unspecified atom stereocenters. The number of likely N-dealkylation sites (tertiary alicyclic amines) is 1. The zero-order valence-electron chi connectivity index (χ0n) is 11.3. The number of amides is 1. The Bertz CT molecular complexity index is 531. The zero-order chi connectivity index (χ0) is 13.9. The number of fused-ring (bicyclic) bond motifs is 1. The van der Waals surface area contributed by atoms with Gasteiger partial charge in [0.25, 0.3) is 5.91 Å². The van der Waals surface area contributed by atoms with E-state index in [0.29, 0.717) is 56.2 Å². The molecule has 1 aromatic carbocycles. The maximum Gasteiger partial charge on any atom is 0.254 e.